The van der Waals surface area contributed by atoms with Gasteiger partial charge in [-0.3, -0.25) is 9.78 Å². The number of methoxy groups -OCH3 is 1. The Morgan fingerprint density at radius 1 is 1.17 bits per heavy atom. The summed E-state index contributed by atoms with van der Waals surface area (Å²) in [5, 5.41) is 15.2. The van der Waals surface area contributed by atoms with Crippen LogP contribution in [0.2, 0.25) is 0 Å². The Labute approximate surface area is 139 Å². The summed E-state index contributed by atoms with van der Waals surface area (Å²) in [6.45, 7) is 0.107. The summed E-state index contributed by atoms with van der Waals surface area (Å²) in [6.07, 6.45) is 0.720. The van der Waals surface area contributed by atoms with Crippen molar-refractivity contribution in [1.82, 2.24) is 10.3 Å². The van der Waals surface area contributed by atoms with Crippen molar-refractivity contribution >= 4 is 16.7 Å². The van der Waals surface area contributed by atoms with Gasteiger partial charge >= 0.3 is 0 Å². The van der Waals surface area contributed by atoms with Crippen LogP contribution in [0.15, 0.2) is 60.8 Å². The lowest BCUT2D eigenvalue weighted by atomic mass is 10.0. The number of carbonyl (C=O) groups excluding carboxylic acids is 1. The smallest absolute Gasteiger partial charge is 0.270 e. The van der Waals surface area contributed by atoms with Gasteiger partial charge in [-0.25, -0.2) is 0 Å². The first kappa shape index (κ1) is 16.0. The van der Waals surface area contributed by atoms with Gasteiger partial charge in [0.15, 0.2) is 0 Å². The van der Waals surface area contributed by atoms with E-state index in [9.17, 15) is 9.90 Å². The third kappa shape index (κ3) is 3.52. The van der Waals surface area contributed by atoms with Gasteiger partial charge in [0.25, 0.3) is 5.91 Å². The lowest BCUT2D eigenvalue weighted by Crippen LogP contribution is -2.29. The van der Waals surface area contributed by atoms with Gasteiger partial charge in [0.2, 0.25) is 0 Å². The number of carbonyl (C=O) groups is 1. The molecule has 0 spiro atoms. The van der Waals surface area contributed by atoms with Crippen molar-refractivity contribution in [2.45, 2.75) is 6.10 Å². The molecule has 0 aliphatic rings. The summed E-state index contributed by atoms with van der Waals surface area (Å²) in [7, 11) is 1.53. The van der Waals surface area contributed by atoms with Crippen LogP contribution in [0.1, 0.15) is 22.2 Å². The van der Waals surface area contributed by atoms with Gasteiger partial charge in [0.1, 0.15) is 11.4 Å². The molecule has 1 heterocycles. The number of nitrogens with one attached hydrogen (secondary N) is 1. The van der Waals surface area contributed by atoms with Crippen molar-refractivity contribution in [2.24, 2.45) is 0 Å². The van der Waals surface area contributed by atoms with Crippen molar-refractivity contribution in [3.8, 4) is 5.75 Å². The molecule has 0 radical (unpaired) electrons. The quantitative estimate of drug-likeness (QED) is 0.757. The fourth-order valence-electron chi connectivity index (χ4n) is 2.48. The highest BCUT2D eigenvalue weighted by Gasteiger charge is 2.12. The van der Waals surface area contributed by atoms with Crippen LogP contribution in [0.3, 0.4) is 0 Å². The minimum atomic E-state index is -0.788. The van der Waals surface area contributed by atoms with E-state index in [1.807, 2.05) is 42.5 Å². The number of hydrogen-bond acceptors (Lipinski definition) is 4. The van der Waals surface area contributed by atoms with E-state index in [2.05, 4.69) is 10.3 Å². The molecule has 2 aromatic carbocycles. The minimum Gasteiger partial charge on any atom is -0.497 e. The molecule has 5 heteroatoms. The first-order valence-electron chi connectivity index (χ1n) is 7.62. The van der Waals surface area contributed by atoms with Gasteiger partial charge in [-0.15, -0.1) is 0 Å². The Hall–Kier alpha value is -2.92. The molecule has 1 amide bonds. The molecule has 122 valence electrons. The SMILES string of the molecule is COc1ccnc(C(=O)NCC(O)c2ccc3ccccc3c2)c1. The topological polar surface area (TPSA) is 71.5 Å². The van der Waals surface area contributed by atoms with Gasteiger partial charge in [-0.2, -0.15) is 0 Å². The first-order valence-corrected chi connectivity index (χ1v) is 7.62. The molecule has 2 N–H and O–H groups in total. The fraction of sp³-hybridized carbons (Fsp3) is 0.158. The van der Waals surface area contributed by atoms with Gasteiger partial charge < -0.3 is 15.2 Å². The lowest BCUT2D eigenvalue weighted by Gasteiger charge is -2.13. The summed E-state index contributed by atoms with van der Waals surface area (Å²) in [4.78, 5) is 16.1. The number of aliphatic hydroxyl groups excluding tert-OH is 1. The molecule has 3 rings (SSSR count). The second-order valence-electron chi connectivity index (χ2n) is 5.41. The molecule has 1 atom stereocenters. The number of benzene rings is 2. The highest BCUT2D eigenvalue weighted by atomic mass is 16.5. The molecule has 0 aliphatic heterocycles. The standard InChI is InChI=1S/C19H18N2O3/c1-24-16-8-9-20-17(11-16)19(23)21-12-18(22)15-7-6-13-4-2-3-5-14(13)10-15/h2-11,18,22H,12H2,1H3,(H,21,23). The number of fused-ring (bicyclic) bond motifs is 1. The van der Waals surface area contributed by atoms with Crippen LogP contribution in [0.4, 0.5) is 0 Å². The predicted octanol–water partition coefficient (Wildman–Crippen LogP) is 2.71. The molecule has 0 aliphatic carbocycles. The summed E-state index contributed by atoms with van der Waals surface area (Å²) < 4.78 is 5.07. The number of aliphatic hydroxyl groups is 1. The number of ether oxygens (including phenoxy) is 1. The number of aromatic nitrogens is 1. The molecule has 24 heavy (non-hydrogen) atoms. The maximum Gasteiger partial charge on any atom is 0.270 e. The Morgan fingerprint density at radius 3 is 2.75 bits per heavy atom. The van der Waals surface area contributed by atoms with Crippen LogP contribution in [0.5, 0.6) is 5.75 Å². The summed E-state index contributed by atoms with van der Waals surface area (Å²) in [5.74, 6) is 0.207. The molecule has 0 saturated heterocycles. The van der Waals surface area contributed by atoms with E-state index in [0.29, 0.717) is 5.75 Å². The van der Waals surface area contributed by atoms with E-state index >= 15 is 0 Å². The lowest BCUT2D eigenvalue weighted by molar-refractivity contribution is 0.0911. The third-order valence-electron chi connectivity index (χ3n) is 3.81. The first-order chi connectivity index (χ1) is 11.7. The van der Waals surface area contributed by atoms with Crippen molar-refractivity contribution in [1.29, 1.82) is 0 Å². The highest BCUT2D eigenvalue weighted by Crippen LogP contribution is 2.20. The number of rotatable bonds is 5. The van der Waals surface area contributed by atoms with Gasteiger partial charge in [0, 0.05) is 18.8 Å². The molecule has 1 aromatic heterocycles. The van der Waals surface area contributed by atoms with Crippen LogP contribution in [0.25, 0.3) is 10.8 Å². The third-order valence-corrected chi connectivity index (χ3v) is 3.81. The van der Waals surface area contributed by atoms with E-state index in [-0.39, 0.29) is 18.1 Å². The monoisotopic (exact) mass is 322 g/mol. The van der Waals surface area contributed by atoms with E-state index in [1.54, 1.807) is 12.1 Å². The number of amides is 1. The van der Waals surface area contributed by atoms with E-state index in [4.69, 9.17) is 4.74 Å². The molecule has 0 bridgehead atoms. The summed E-state index contributed by atoms with van der Waals surface area (Å²) >= 11 is 0. The Bertz CT molecular complexity index is 864. The molecule has 0 saturated carbocycles. The van der Waals surface area contributed by atoms with E-state index in [1.165, 1.54) is 13.3 Å². The van der Waals surface area contributed by atoms with Crippen LogP contribution < -0.4 is 10.1 Å². The minimum absolute atomic E-state index is 0.107. The largest absolute Gasteiger partial charge is 0.497 e. The molecule has 5 nitrogen and oxygen atoms in total. The van der Waals surface area contributed by atoms with Crippen molar-refractivity contribution in [3.05, 3.63) is 72.1 Å². The predicted molar refractivity (Wildman–Crippen MR) is 92.0 cm³/mol. The zero-order valence-corrected chi connectivity index (χ0v) is 13.3. The summed E-state index contributed by atoms with van der Waals surface area (Å²) in [6, 6.07) is 16.9. The van der Waals surface area contributed by atoms with Gasteiger partial charge in [0.05, 0.1) is 13.2 Å². The maximum atomic E-state index is 12.1. The number of pyridine rings is 1. The van der Waals surface area contributed by atoms with Crippen molar-refractivity contribution in [3.63, 3.8) is 0 Å². The van der Waals surface area contributed by atoms with Crippen molar-refractivity contribution in [2.75, 3.05) is 13.7 Å². The number of hydrogen-bond donors (Lipinski definition) is 2. The normalized spacial score (nSPS) is 11.9. The fourth-order valence-corrected chi connectivity index (χ4v) is 2.48. The van der Waals surface area contributed by atoms with Crippen LogP contribution in [-0.4, -0.2) is 29.7 Å². The molecular weight excluding hydrogens is 304 g/mol. The molecule has 1 unspecified atom stereocenters. The van der Waals surface area contributed by atoms with Crippen LogP contribution in [-0.2, 0) is 0 Å². The second-order valence-corrected chi connectivity index (χ2v) is 5.41. The Morgan fingerprint density at radius 2 is 1.96 bits per heavy atom. The Balaban J connectivity index is 1.67. The average molecular weight is 322 g/mol. The van der Waals surface area contributed by atoms with Gasteiger partial charge in [-0.05, 0) is 28.5 Å². The number of nitrogens with zero attached hydrogens (tertiary/aromatic N) is 1. The van der Waals surface area contributed by atoms with Crippen molar-refractivity contribution < 1.29 is 14.6 Å². The Kier molecular flexibility index (Phi) is 4.72. The molecule has 0 fully saturated rings. The molecular formula is C19H18N2O3. The van der Waals surface area contributed by atoms with Gasteiger partial charge in [-0.1, -0.05) is 36.4 Å². The van der Waals surface area contributed by atoms with E-state index < -0.39 is 6.10 Å². The van der Waals surface area contributed by atoms with Crippen LogP contribution >= 0.6 is 0 Å². The zero-order chi connectivity index (χ0) is 16.9. The zero-order valence-electron chi connectivity index (χ0n) is 13.3. The summed E-state index contributed by atoms with van der Waals surface area (Å²) in [5.41, 5.74) is 1.01. The maximum absolute atomic E-state index is 12.1. The second kappa shape index (κ2) is 7.10. The molecule has 3 aromatic rings. The van der Waals surface area contributed by atoms with E-state index in [0.717, 1.165) is 16.3 Å². The average Bonchev–Trinajstić information content (AvgIpc) is 2.65. The van der Waals surface area contributed by atoms with Crippen LogP contribution in [0, 0.1) is 0 Å². The highest BCUT2D eigenvalue weighted by molar-refractivity contribution is 5.92.